The van der Waals surface area contributed by atoms with Crippen LogP contribution in [0.15, 0.2) is 6.07 Å². The molecule has 4 N–H and O–H groups in total. The summed E-state index contributed by atoms with van der Waals surface area (Å²) in [5.74, 6) is -2.77. The van der Waals surface area contributed by atoms with Crippen molar-refractivity contribution in [1.29, 1.82) is 0 Å². The van der Waals surface area contributed by atoms with Gasteiger partial charge in [-0.1, -0.05) is 0 Å². The molecule has 8 heteroatoms. The number of anilines is 1. The smallest absolute Gasteiger partial charge is 0.385 e. The molecule has 0 saturated heterocycles. The van der Waals surface area contributed by atoms with E-state index >= 15 is 0 Å². The van der Waals surface area contributed by atoms with Crippen LogP contribution in [0.25, 0.3) is 0 Å². The zero-order chi connectivity index (χ0) is 11.6. The number of hydrogen-bond donors (Lipinski definition) is 2. The standard InChI is InChI=1S/C7H7F4N3O/c8-4-1-3(2-12)5(13)14-6(4)15-7(9,10)11/h1H,2,12H2,(H2,13,14). The summed E-state index contributed by atoms with van der Waals surface area (Å²) in [6, 6.07) is 0.753. The molecular weight excluding hydrogens is 218 g/mol. The Morgan fingerprint density at radius 3 is 2.47 bits per heavy atom. The van der Waals surface area contributed by atoms with Crippen LogP contribution in [0.5, 0.6) is 5.88 Å². The quantitative estimate of drug-likeness (QED) is 0.740. The maximum atomic E-state index is 12.9. The van der Waals surface area contributed by atoms with Crippen LogP contribution in [0.1, 0.15) is 5.56 Å². The number of alkyl halides is 3. The van der Waals surface area contributed by atoms with E-state index in [0.29, 0.717) is 0 Å². The minimum absolute atomic E-state index is 0.113. The molecule has 0 aliphatic rings. The van der Waals surface area contributed by atoms with E-state index in [1.165, 1.54) is 0 Å². The fourth-order valence-electron chi connectivity index (χ4n) is 0.868. The molecule has 0 amide bonds. The molecule has 84 valence electrons. The van der Waals surface area contributed by atoms with Crippen LogP contribution in [0, 0.1) is 5.82 Å². The highest BCUT2D eigenvalue weighted by atomic mass is 19.4. The van der Waals surface area contributed by atoms with Gasteiger partial charge in [0.2, 0.25) is 0 Å². The normalized spacial score (nSPS) is 11.5. The minimum Gasteiger partial charge on any atom is -0.385 e. The maximum absolute atomic E-state index is 12.9. The van der Waals surface area contributed by atoms with Crippen molar-refractivity contribution in [2.24, 2.45) is 5.73 Å². The van der Waals surface area contributed by atoms with Crippen LogP contribution in [-0.4, -0.2) is 11.3 Å². The minimum atomic E-state index is -5.01. The fourth-order valence-corrected chi connectivity index (χ4v) is 0.868. The second kappa shape index (κ2) is 3.89. The first kappa shape index (κ1) is 11.5. The molecule has 0 aliphatic heterocycles. The van der Waals surface area contributed by atoms with Crippen molar-refractivity contribution in [3.8, 4) is 5.88 Å². The molecule has 0 radical (unpaired) electrons. The van der Waals surface area contributed by atoms with Gasteiger partial charge < -0.3 is 16.2 Å². The van der Waals surface area contributed by atoms with Crippen LogP contribution < -0.4 is 16.2 Å². The van der Waals surface area contributed by atoms with Crippen molar-refractivity contribution in [2.75, 3.05) is 5.73 Å². The average molecular weight is 225 g/mol. The number of rotatable bonds is 2. The lowest BCUT2D eigenvalue weighted by Gasteiger charge is -2.10. The largest absolute Gasteiger partial charge is 0.574 e. The van der Waals surface area contributed by atoms with Gasteiger partial charge >= 0.3 is 6.36 Å². The number of aromatic nitrogens is 1. The van der Waals surface area contributed by atoms with Gasteiger partial charge in [0.25, 0.3) is 5.88 Å². The van der Waals surface area contributed by atoms with Gasteiger partial charge in [-0.05, 0) is 6.07 Å². The van der Waals surface area contributed by atoms with E-state index in [9.17, 15) is 17.6 Å². The molecule has 1 heterocycles. The van der Waals surface area contributed by atoms with E-state index < -0.39 is 18.1 Å². The van der Waals surface area contributed by atoms with Crippen molar-refractivity contribution in [1.82, 2.24) is 4.98 Å². The Balaban J connectivity index is 3.05. The van der Waals surface area contributed by atoms with Crippen LogP contribution in [0.4, 0.5) is 23.4 Å². The van der Waals surface area contributed by atoms with Gasteiger partial charge in [0.05, 0.1) is 0 Å². The number of halogens is 4. The van der Waals surface area contributed by atoms with E-state index in [4.69, 9.17) is 11.5 Å². The summed E-state index contributed by atoms with van der Waals surface area (Å²) in [6.07, 6.45) is -5.01. The lowest BCUT2D eigenvalue weighted by atomic mass is 10.2. The molecule has 0 fully saturated rings. The second-order valence-electron chi connectivity index (χ2n) is 2.57. The predicted molar refractivity (Wildman–Crippen MR) is 43.2 cm³/mol. The molecule has 0 aromatic carbocycles. The molecule has 1 rings (SSSR count). The van der Waals surface area contributed by atoms with Gasteiger partial charge in [-0.2, -0.15) is 4.98 Å². The lowest BCUT2D eigenvalue weighted by Crippen LogP contribution is -2.19. The van der Waals surface area contributed by atoms with Crippen LogP contribution in [0.2, 0.25) is 0 Å². The predicted octanol–water partition coefficient (Wildman–Crippen LogP) is 1.16. The molecule has 0 spiro atoms. The maximum Gasteiger partial charge on any atom is 0.574 e. The summed E-state index contributed by atoms with van der Waals surface area (Å²) in [4.78, 5) is 3.11. The third kappa shape index (κ3) is 2.94. The number of ether oxygens (including phenoxy) is 1. The Kier molecular flexibility index (Phi) is 2.98. The van der Waals surface area contributed by atoms with Gasteiger partial charge in [0.15, 0.2) is 5.82 Å². The third-order valence-corrected chi connectivity index (χ3v) is 1.49. The van der Waals surface area contributed by atoms with Crippen LogP contribution >= 0.6 is 0 Å². The number of pyridine rings is 1. The Hall–Kier alpha value is -1.57. The summed E-state index contributed by atoms with van der Waals surface area (Å²) in [5.41, 5.74) is 10.5. The van der Waals surface area contributed by atoms with Gasteiger partial charge in [0.1, 0.15) is 5.82 Å². The Morgan fingerprint density at radius 1 is 1.40 bits per heavy atom. The molecule has 0 saturated carbocycles. The average Bonchev–Trinajstić information content (AvgIpc) is 2.08. The van der Waals surface area contributed by atoms with E-state index in [2.05, 4.69) is 9.72 Å². The fraction of sp³-hybridized carbons (Fsp3) is 0.286. The van der Waals surface area contributed by atoms with Gasteiger partial charge in [0, 0.05) is 12.1 Å². The first-order valence-electron chi connectivity index (χ1n) is 3.74. The summed E-state index contributed by atoms with van der Waals surface area (Å²) in [5, 5.41) is 0. The van der Waals surface area contributed by atoms with Crippen molar-refractivity contribution in [2.45, 2.75) is 12.9 Å². The first-order valence-corrected chi connectivity index (χ1v) is 3.74. The SMILES string of the molecule is NCc1cc(F)c(OC(F)(F)F)nc1N. The monoisotopic (exact) mass is 225 g/mol. The highest BCUT2D eigenvalue weighted by Gasteiger charge is 2.33. The van der Waals surface area contributed by atoms with E-state index in [0.717, 1.165) is 6.07 Å². The second-order valence-corrected chi connectivity index (χ2v) is 2.57. The topological polar surface area (TPSA) is 74.2 Å². The zero-order valence-corrected chi connectivity index (χ0v) is 7.31. The van der Waals surface area contributed by atoms with E-state index in [1.807, 2.05) is 0 Å². The lowest BCUT2D eigenvalue weighted by molar-refractivity contribution is -0.277. The summed E-state index contributed by atoms with van der Waals surface area (Å²) < 4.78 is 51.5. The van der Waals surface area contributed by atoms with Crippen LogP contribution in [-0.2, 0) is 6.54 Å². The van der Waals surface area contributed by atoms with Gasteiger partial charge in [-0.25, -0.2) is 4.39 Å². The molecule has 0 aliphatic carbocycles. The summed E-state index contributed by atoms with van der Waals surface area (Å²) >= 11 is 0. The van der Waals surface area contributed by atoms with Gasteiger partial charge in [-0.15, -0.1) is 13.2 Å². The highest BCUT2D eigenvalue weighted by Crippen LogP contribution is 2.25. The first-order chi connectivity index (χ1) is 6.83. The number of nitrogens with zero attached hydrogens (tertiary/aromatic N) is 1. The van der Waals surface area contributed by atoms with E-state index in [1.54, 1.807) is 0 Å². The summed E-state index contributed by atoms with van der Waals surface area (Å²) in [6.45, 7) is -0.123. The Labute approximate surface area is 81.8 Å². The van der Waals surface area contributed by atoms with Crippen LogP contribution in [0.3, 0.4) is 0 Å². The molecule has 1 aromatic heterocycles. The Morgan fingerprint density at radius 2 is 2.00 bits per heavy atom. The number of nitrogen functional groups attached to an aromatic ring is 1. The molecule has 15 heavy (non-hydrogen) atoms. The molecule has 0 bridgehead atoms. The molecular formula is C7H7F4N3O. The van der Waals surface area contributed by atoms with E-state index in [-0.39, 0.29) is 17.9 Å². The van der Waals surface area contributed by atoms with Crippen molar-refractivity contribution >= 4 is 5.82 Å². The highest BCUT2D eigenvalue weighted by molar-refractivity contribution is 5.42. The molecule has 0 unspecified atom stereocenters. The third-order valence-electron chi connectivity index (χ3n) is 1.49. The number of nitrogens with two attached hydrogens (primary N) is 2. The summed E-state index contributed by atoms with van der Waals surface area (Å²) in [7, 11) is 0. The van der Waals surface area contributed by atoms with Crippen molar-refractivity contribution in [3.63, 3.8) is 0 Å². The zero-order valence-electron chi connectivity index (χ0n) is 7.31. The van der Waals surface area contributed by atoms with Crippen molar-refractivity contribution < 1.29 is 22.3 Å². The number of hydrogen-bond acceptors (Lipinski definition) is 4. The van der Waals surface area contributed by atoms with Gasteiger partial charge in [-0.3, -0.25) is 0 Å². The molecule has 1 aromatic rings. The molecule has 4 nitrogen and oxygen atoms in total. The molecule has 0 atom stereocenters. The van der Waals surface area contributed by atoms with Crippen molar-refractivity contribution in [3.05, 3.63) is 17.4 Å². The Bertz CT molecular complexity index is 366.